The standard InChI is InChI=1S/C20H14N2O2/c23-20-18(22-21-17-8-2-1-3-9-17)13-19(24-20)16-11-10-14-6-4-5-7-15(14)12-16/h1-13,23H. The van der Waals surface area contributed by atoms with Crippen LogP contribution in [-0.2, 0) is 0 Å². The maximum Gasteiger partial charge on any atom is 0.311 e. The van der Waals surface area contributed by atoms with E-state index in [0.717, 1.165) is 16.3 Å². The highest BCUT2D eigenvalue weighted by atomic mass is 16.5. The summed E-state index contributed by atoms with van der Waals surface area (Å²) in [6.45, 7) is 0. The molecule has 0 bridgehead atoms. The Labute approximate surface area is 138 Å². The van der Waals surface area contributed by atoms with Crippen molar-refractivity contribution in [3.05, 3.63) is 78.9 Å². The molecule has 4 nitrogen and oxygen atoms in total. The average Bonchev–Trinajstić information content (AvgIpc) is 3.01. The lowest BCUT2D eigenvalue weighted by Gasteiger charge is -2.00. The summed E-state index contributed by atoms with van der Waals surface area (Å²) in [5.74, 6) is 0.318. The number of hydrogen-bond donors (Lipinski definition) is 1. The second-order valence-corrected chi connectivity index (χ2v) is 5.40. The van der Waals surface area contributed by atoms with Gasteiger partial charge in [-0.3, -0.25) is 0 Å². The van der Waals surface area contributed by atoms with Crippen molar-refractivity contribution in [1.29, 1.82) is 0 Å². The molecule has 24 heavy (non-hydrogen) atoms. The molecule has 1 heterocycles. The fourth-order valence-electron chi connectivity index (χ4n) is 2.53. The first kappa shape index (κ1) is 14.2. The molecule has 0 radical (unpaired) electrons. The second kappa shape index (κ2) is 6.01. The molecule has 116 valence electrons. The Morgan fingerprint density at radius 1 is 0.708 bits per heavy atom. The van der Waals surface area contributed by atoms with Crippen molar-refractivity contribution < 1.29 is 9.52 Å². The third kappa shape index (κ3) is 2.77. The Kier molecular flexibility index (Phi) is 3.56. The summed E-state index contributed by atoms with van der Waals surface area (Å²) in [5.41, 5.74) is 1.90. The van der Waals surface area contributed by atoms with Gasteiger partial charge in [0.15, 0.2) is 5.69 Å². The molecule has 0 aliphatic rings. The van der Waals surface area contributed by atoms with Gasteiger partial charge in [-0.05, 0) is 29.0 Å². The van der Waals surface area contributed by atoms with E-state index in [0.29, 0.717) is 17.1 Å². The fraction of sp³-hybridized carbons (Fsp3) is 0. The number of furan rings is 1. The van der Waals surface area contributed by atoms with E-state index in [1.165, 1.54) is 0 Å². The van der Waals surface area contributed by atoms with E-state index in [1.807, 2.05) is 66.7 Å². The minimum Gasteiger partial charge on any atom is -0.479 e. The van der Waals surface area contributed by atoms with Gasteiger partial charge in [0.2, 0.25) is 0 Å². The Bertz CT molecular complexity index is 1020. The number of aromatic hydroxyl groups is 1. The van der Waals surface area contributed by atoms with Crippen LogP contribution < -0.4 is 0 Å². The van der Waals surface area contributed by atoms with Crippen molar-refractivity contribution in [2.24, 2.45) is 10.2 Å². The van der Waals surface area contributed by atoms with E-state index in [2.05, 4.69) is 16.3 Å². The number of nitrogens with zero attached hydrogens (tertiary/aromatic N) is 2. The summed E-state index contributed by atoms with van der Waals surface area (Å²) < 4.78 is 5.44. The van der Waals surface area contributed by atoms with Gasteiger partial charge in [-0.25, -0.2) is 0 Å². The Morgan fingerprint density at radius 2 is 1.46 bits per heavy atom. The largest absolute Gasteiger partial charge is 0.479 e. The van der Waals surface area contributed by atoms with Gasteiger partial charge >= 0.3 is 5.95 Å². The maximum atomic E-state index is 9.96. The molecule has 0 spiro atoms. The number of benzene rings is 3. The monoisotopic (exact) mass is 314 g/mol. The van der Waals surface area contributed by atoms with Crippen LogP contribution in [0.5, 0.6) is 5.95 Å². The summed E-state index contributed by atoms with van der Waals surface area (Å²) >= 11 is 0. The summed E-state index contributed by atoms with van der Waals surface area (Å²) in [6, 6.07) is 25.1. The lowest BCUT2D eigenvalue weighted by atomic mass is 10.1. The van der Waals surface area contributed by atoms with Crippen LogP contribution in [0.1, 0.15) is 0 Å². The summed E-state index contributed by atoms with van der Waals surface area (Å²) in [4.78, 5) is 0. The predicted molar refractivity (Wildman–Crippen MR) is 93.9 cm³/mol. The summed E-state index contributed by atoms with van der Waals surface area (Å²) in [6.07, 6.45) is 0. The quantitative estimate of drug-likeness (QED) is 0.456. The molecule has 0 atom stereocenters. The molecule has 0 saturated carbocycles. The van der Waals surface area contributed by atoms with Crippen molar-refractivity contribution in [2.75, 3.05) is 0 Å². The van der Waals surface area contributed by atoms with Gasteiger partial charge in [-0.2, -0.15) is 5.11 Å². The Morgan fingerprint density at radius 3 is 2.29 bits per heavy atom. The van der Waals surface area contributed by atoms with Crippen LogP contribution in [0.2, 0.25) is 0 Å². The molecule has 0 fully saturated rings. The van der Waals surface area contributed by atoms with Crippen molar-refractivity contribution in [2.45, 2.75) is 0 Å². The molecule has 1 aromatic heterocycles. The van der Waals surface area contributed by atoms with E-state index >= 15 is 0 Å². The van der Waals surface area contributed by atoms with E-state index < -0.39 is 0 Å². The Hall–Kier alpha value is -3.40. The van der Waals surface area contributed by atoms with Crippen LogP contribution in [0.15, 0.2) is 93.5 Å². The number of hydrogen-bond acceptors (Lipinski definition) is 4. The minimum atomic E-state index is -0.238. The lowest BCUT2D eigenvalue weighted by molar-refractivity contribution is 0.339. The van der Waals surface area contributed by atoms with E-state index in [1.54, 1.807) is 6.07 Å². The van der Waals surface area contributed by atoms with Gasteiger partial charge in [-0.15, -0.1) is 5.11 Å². The van der Waals surface area contributed by atoms with Gasteiger partial charge in [0.25, 0.3) is 0 Å². The van der Waals surface area contributed by atoms with Crippen LogP contribution in [-0.4, -0.2) is 5.11 Å². The average molecular weight is 314 g/mol. The van der Waals surface area contributed by atoms with Gasteiger partial charge in [0, 0.05) is 11.6 Å². The number of rotatable bonds is 3. The van der Waals surface area contributed by atoms with Gasteiger partial charge in [0.1, 0.15) is 5.76 Å². The Balaban J connectivity index is 1.68. The fourth-order valence-corrected chi connectivity index (χ4v) is 2.53. The topological polar surface area (TPSA) is 58.1 Å². The summed E-state index contributed by atoms with van der Waals surface area (Å²) in [7, 11) is 0. The van der Waals surface area contributed by atoms with Crippen LogP contribution in [0.4, 0.5) is 11.4 Å². The van der Waals surface area contributed by atoms with Crippen molar-refractivity contribution in [3.8, 4) is 17.3 Å². The first-order valence-corrected chi connectivity index (χ1v) is 7.58. The van der Waals surface area contributed by atoms with E-state index in [-0.39, 0.29) is 5.95 Å². The molecule has 1 N–H and O–H groups in total. The lowest BCUT2D eigenvalue weighted by Crippen LogP contribution is -1.75. The molecule has 0 saturated heterocycles. The molecule has 4 heteroatoms. The van der Waals surface area contributed by atoms with Gasteiger partial charge in [0.05, 0.1) is 5.69 Å². The highest BCUT2D eigenvalue weighted by Crippen LogP contribution is 2.37. The SMILES string of the molecule is Oc1oc(-c2ccc3ccccc3c2)cc1N=Nc1ccccc1. The van der Waals surface area contributed by atoms with E-state index in [4.69, 9.17) is 4.42 Å². The second-order valence-electron chi connectivity index (χ2n) is 5.40. The smallest absolute Gasteiger partial charge is 0.311 e. The molecule has 3 aromatic carbocycles. The zero-order valence-corrected chi connectivity index (χ0v) is 12.8. The summed E-state index contributed by atoms with van der Waals surface area (Å²) in [5, 5.41) is 20.4. The van der Waals surface area contributed by atoms with Crippen LogP contribution in [0.3, 0.4) is 0 Å². The van der Waals surface area contributed by atoms with Gasteiger partial charge in [-0.1, -0.05) is 54.6 Å². The molecule has 0 unspecified atom stereocenters. The van der Waals surface area contributed by atoms with Crippen LogP contribution in [0.25, 0.3) is 22.1 Å². The third-order valence-electron chi connectivity index (χ3n) is 3.76. The number of fused-ring (bicyclic) bond motifs is 1. The molecule has 0 amide bonds. The molecular weight excluding hydrogens is 300 g/mol. The molecule has 0 aliphatic heterocycles. The first-order chi connectivity index (χ1) is 11.8. The highest BCUT2D eigenvalue weighted by Gasteiger charge is 2.12. The maximum absolute atomic E-state index is 9.96. The van der Waals surface area contributed by atoms with Crippen molar-refractivity contribution in [1.82, 2.24) is 0 Å². The van der Waals surface area contributed by atoms with Crippen molar-refractivity contribution in [3.63, 3.8) is 0 Å². The van der Waals surface area contributed by atoms with Crippen molar-refractivity contribution >= 4 is 22.1 Å². The number of azo groups is 1. The normalized spacial score (nSPS) is 11.3. The van der Waals surface area contributed by atoms with E-state index in [9.17, 15) is 5.11 Å². The predicted octanol–water partition coefficient (Wildman–Crippen LogP) is 6.22. The first-order valence-electron chi connectivity index (χ1n) is 7.58. The minimum absolute atomic E-state index is 0.238. The molecule has 4 aromatic rings. The van der Waals surface area contributed by atoms with Gasteiger partial charge < -0.3 is 9.52 Å². The van der Waals surface area contributed by atoms with Crippen LogP contribution in [0, 0.1) is 0 Å². The molecule has 0 aliphatic carbocycles. The molecule has 4 rings (SSSR count). The zero-order valence-electron chi connectivity index (χ0n) is 12.8. The van der Waals surface area contributed by atoms with Crippen LogP contribution >= 0.6 is 0 Å². The highest BCUT2D eigenvalue weighted by molar-refractivity contribution is 5.86. The third-order valence-corrected chi connectivity index (χ3v) is 3.76. The molecular formula is C20H14N2O2. The zero-order chi connectivity index (χ0) is 16.4.